The van der Waals surface area contributed by atoms with Gasteiger partial charge in [0.15, 0.2) is 0 Å². The van der Waals surface area contributed by atoms with E-state index in [-0.39, 0.29) is 46.3 Å². The van der Waals surface area contributed by atoms with Crippen LogP contribution in [0.1, 0.15) is 233 Å². The van der Waals surface area contributed by atoms with Crippen molar-refractivity contribution in [2.75, 3.05) is 0 Å². The van der Waals surface area contributed by atoms with E-state index in [9.17, 15) is 30.6 Å². The molecular formula is C64H82O6. The summed E-state index contributed by atoms with van der Waals surface area (Å²) in [6.45, 7) is 23.1. The van der Waals surface area contributed by atoms with Crippen LogP contribution in [-0.2, 0) is 38.5 Å². The number of hydrogen-bond acceptors (Lipinski definition) is 6. The van der Waals surface area contributed by atoms with Crippen molar-refractivity contribution >= 4 is 0 Å². The minimum atomic E-state index is -0.423. The molecule has 0 aromatic heterocycles. The number of phenolic OH excluding ortho intramolecular Hbond substituents is 6. The van der Waals surface area contributed by atoms with Gasteiger partial charge in [-0.2, -0.15) is 0 Å². The summed E-state index contributed by atoms with van der Waals surface area (Å²) in [5.74, 6) is -0.740. The predicted octanol–water partition coefficient (Wildman–Crippen LogP) is 16.4. The smallest absolute Gasteiger partial charge is 0.123 e. The zero-order valence-electron chi connectivity index (χ0n) is 44.1. The maximum atomic E-state index is 12.6. The lowest BCUT2D eigenvalue weighted by atomic mass is 9.79. The van der Waals surface area contributed by atoms with Crippen molar-refractivity contribution in [2.24, 2.45) is 0 Å². The first-order valence-corrected chi connectivity index (χ1v) is 26.6. The van der Waals surface area contributed by atoms with Gasteiger partial charge in [-0.3, -0.25) is 0 Å². The fourth-order valence-corrected chi connectivity index (χ4v) is 11.0. The largest absolute Gasteiger partial charge is 0.508 e. The second kappa shape index (κ2) is 23.8. The number of benzene rings is 6. The summed E-state index contributed by atoms with van der Waals surface area (Å²) >= 11 is 0. The van der Waals surface area contributed by atoms with Crippen LogP contribution in [0.3, 0.4) is 0 Å². The van der Waals surface area contributed by atoms with Crippen LogP contribution in [0.4, 0.5) is 0 Å². The highest BCUT2D eigenvalue weighted by Gasteiger charge is 2.30. The number of hydrogen-bond donors (Lipinski definition) is 6. The van der Waals surface area contributed by atoms with Gasteiger partial charge in [0, 0.05) is 85.2 Å². The van der Waals surface area contributed by atoms with Crippen LogP contribution in [0.25, 0.3) is 0 Å². The van der Waals surface area contributed by atoms with E-state index in [0.717, 1.165) is 144 Å². The monoisotopic (exact) mass is 947 g/mol. The Morgan fingerprint density at radius 1 is 0.257 bits per heavy atom. The molecule has 0 heterocycles. The summed E-state index contributed by atoms with van der Waals surface area (Å²) < 4.78 is 0. The molecule has 0 radical (unpaired) electrons. The van der Waals surface area contributed by atoms with Crippen LogP contribution >= 0.6 is 0 Å². The van der Waals surface area contributed by atoms with Gasteiger partial charge >= 0.3 is 0 Å². The van der Waals surface area contributed by atoms with Gasteiger partial charge in [0.2, 0.25) is 0 Å². The SMILES string of the molecule is CCCc1ccc(O)c(C(C)c2cc(CCC)cc(C(C)c3cc(CCC)cc(C(C)c4cc(CCC)cc(C(C)c5cc(CCC)cc(C(C)c6cc(CCC)ccc6O)c5O)c4O)c3O)c2O)c1. The van der Waals surface area contributed by atoms with E-state index in [1.165, 1.54) is 0 Å². The number of aryl methyl sites for hydroxylation is 6. The Labute approximate surface area is 420 Å². The Morgan fingerprint density at radius 3 is 0.629 bits per heavy atom. The average Bonchev–Trinajstić information content (AvgIpc) is 3.34. The zero-order chi connectivity index (χ0) is 51.0. The molecule has 0 spiro atoms. The first kappa shape index (κ1) is 53.5. The first-order chi connectivity index (χ1) is 33.5. The average molecular weight is 947 g/mol. The predicted molar refractivity (Wildman–Crippen MR) is 290 cm³/mol. The summed E-state index contributed by atoms with van der Waals surface area (Å²) in [6.07, 6.45) is 10.6. The van der Waals surface area contributed by atoms with Crippen LogP contribution in [0.2, 0.25) is 0 Å². The van der Waals surface area contributed by atoms with Crippen molar-refractivity contribution in [3.05, 3.63) is 174 Å². The molecule has 0 fully saturated rings. The van der Waals surface area contributed by atoms with Crippen molar-refractivity contribution < 1.29 is 30.6 Å². The molecule has 0 aliphatic carbocycles. The Hall–Kier alpha value is -5.88. The molecule has 0 saturated heterocycles. The second-order valence-electron chi connectivity index (χ2n) is 20.4. The van der Waals surface area contributed by atoms with Gasteiger partial charge in [-0.25, -0.2) is 0 Å². The molecule has 4 unspecified atom stereocenters. The van der Waals surface area contributed by atoms with Gasteiger partial charge in [-0.05, 0) is 84.0 Å². The summed E-state index contributed by atoms with van der Waals surface area (Å²) in [6, 6.07) is 28.3. The highest BCUT2D eigenvalue weighted by molar-refractivity contribution is 5.61. The number of phenols is 6. The highest BCUT2D eigenvalue weighted by atomic mass is 16.3. The molecule has 0 aliphatic heterocycles. The van der Waals surface area contributed by atoms with Gasteiger partial charge in [0.25, 0.3) is 0 Å². The molecule has 0 saturated carbocycles. The third kappa shape index (κ3) is 11.5. The lowest BCUT2D eigenvalue weighted by molar-refractivity contribution is 0.441. The van der Waals surface area contributed by atoms with E-state index < -0.39 is 17.8 Å². The Bertz CT molecular complexity index is 2560. The first-order valence-electron chi connectivity index (χ1n) is 26.6. The van der Waals surface area contributed by atoms with Crippen molar-refractivity contribution in [3.63, 3.8) is 0 Å². The molecule has 6 aromatic rings. The maximum Gasteiger partial charge on any atom is 0.123 e. The molecule has 4 atom stereocenters. The third-order valence-electron chi connectivity index (χ3n) is 15.0. The minimum Gasteiger partial charge on any atom is -0.508 e. The van der Waals surface area contributed by atoms with Gasteiger partial charge in [0.05, 0.1) is 0 Å². The Morgan fingerprint density at radius 2 is 0.429 bits per heavy atom. The summed E-state index contributed by atoms with van der Waals surface area (Å²) in [4.78, 5) is 0. The van der Waals surface area contributed by atoms with Gasteiger partial charge in [0.1, 0.15) is 34.5 Å². The topological polar surface area (TPSA) is 121 Å². The molecule has 6 heteroatoms. The van der Waals surface area contributed by atoms with E-state index in [1.54, 1.807) is 12.1 Å². The standard InChI is InChI=1S/C64H82O6/c1-12-18-43-24-26-59(65)49(28-43)38(7)51-30-45(20-14-3)32-53(61(51)67)40(9)55-34-47(22-16-5)36-57(63(55)69)42(11)58-37-48(23-17-6)35-56(64(58)70)41(10)54-33-46(21-15-4)31-52(62(54)68)39(8)50-29-44(19-13-2)25-27-60(50)66/h24-42,65-70H,12-23H2,1-11H3. The zero-order valence-corrected chi connectivity index (χ0v) is 44.1. The molecule has 0 bridgehead atoms. The molecule has 6 N–H and O–H groups in total. The second-order valence-corrected chi connectivity index (χ2v) is 20.4. The fourth-order valence-electron chi connectivity index (χ4n) is 11.0. The Kier molecular flexibility index (Phi) is 18.2. The molecule has 70 heavy (non-hydrogen) atoms. The van der Waals surface area contributed by atoms with Crippen LogP contribution in [0.5, 0.6) is 34.5 Å². The number of rotatable bonds is 22. The summed E-state index contributed by atoms with van der Waals surface area (Å²) in [5.41, 5.74) is 14.0. The summed E-state index contributed by atoms with van der Waals surface area (Å²) in [5, 5.41) is 72.1. The van der Waals surface area contributed by atoms with Crippen LogP contribution < -0.4 is 0 Å². The van der Waals surface area contributed by atoms with Gasteiger partial charge in [-0.15, -0.1) is 0 Å². The molecular weight excluding hydrogens is 865 g/mol. The van der Waals surface area contributed by atoms with Gasteiger partial charge < -0.3 is 30.6 Å². The van der Waals surface area contributed by atoms with Crippen LogP contribution in [-0.4, -0.2) is 30.6 Å². The normalized spacial score (nSPS) is 13.8. The third-order valence-corrected chi connectivity index (χ3v) is 15.0. The van der Waals surface area contributed by atoms with Crippen molar-refractivity contribution in [1.29, 1.82) is 0 Å². The van der Waals surface area contributed by atoms with Crippen molar-refractivity contribution in [2.45, 2.75) is 183 Å². The van der Waals surface area contributed by atoms with Crippen molar-refractivity contribution in [1.82, 2.24) is 0 Å². The van der Waals surface area contributed by atoms with E-state index >= 15 is 0 Å². The highest BCUT2D eigenvalue weighted by Crippen LogP contribution is 2.49. The molecule has 6 aromatic carbocycles. The van der Waals surface area contributed by atoms with E-state index in [4.69, 9.17) is 0 Å². The van der Waals surface area contributed by atoms with Gasteiger partial charge in [-0.1, -0.05) is 187 Å². The van der Waals surface area contributed by atoms with E-state index in [1.807, 2.05) is 26.0 Å². The lowest BCUT2D eigenvalue weighted by Gasteiger charge is -2.27. The molecule has 374 valence electrons. The quantitative estimate of drug-likeness (QED) is 0.0403. The van der Waals surface area contributed by atoms with E-state index in [2.05, 4.69) is 123 Å². The lowest BCUT2D eigenvalue weighted by Crippen LogP contribution is -2.09. The molecule has 6 nitrogen and oxygen atoms in total. The summed E-state index contributed by atoms with van der Waals surface area (Å²) in [7, 11) is 0. The number of aromatic hydroxyl groups is 6. The van der Waals surface area contributed by atoms with Crippen molar-refractivity contribution in [3.8, 4) is 34.5 Å². The van der Waals surface area contributed by atoms with Crippen LogP contribution in [0.15, 0.2) is 84.9 Å². The van der Waals surface area contributed by atoms with E-state index in [0.29, 0.717) is 22.3 Å². The molecule has 0 amide bonds. The fraction of sp³-hybridized carbons (Fsp3) is 0.438. The Balaban J connectivity index is 1.47. The maximum absolute atomic E-state index is 12.6. The minimum absolute atomic E-state index is 0.143. The molecule has 0 aliphatic rings. The molecule has 6 rings (SSSR count). The van der Waals surface area contributed by atoms with Crippen LogP contribution in [0, 0.1) is 0 Å².